The molecule has 0 bridgehead atoms. The van der Waals surface area contributed by atoms with Crippen LogP contribution in [0.3, 0.4) is 0 Å². The Kier molecular flexibility index (Phi) is 2.19. The van der Waals surface area contributed by atoms with Crippen LogP contribution in [0.1, 0.15) is 0 Å². The minimum Gasteiger partial charge on any atom is -0.138 e. The third kappa shape index (κ3) is 1.65. The second-order valence-electron chi connectivity index (χ2n) is 2.50. The van der Waals surface area contributed by atoms with Gasteiger partial charge in [-0.15, -0.1) is 10.2 Å². The zero-order valence-electron chi connectivity index (χ0n) is 6.68. The van der Waals surface area contributed by atoms with Crippen molar-refractivity contribution in [1.29, 1.82) is 0 Å². The lowest BCUT2D eigenvalue weighted by atomic mass is 10.1. The van der Waals surface area contributed by atoms with Gasteiger partial charge in [-0.2, -0.15) is 0 Å². The zero-order valence-corrected chi connectivity index (χ0v) is 7.44. The fraction of sp³-hybridized carbons (Fsp3) is 0. The molecule has 1 aromatic carbocycles. The molecule has 0 unspecified atom stereocenters. The van der Waals surface area contributed by atoms with Gasteiger partial charge in [0.1, 0.15) is 0 Å². The number of hydrogen-bond acceptors (Lipinski definition) is 3. The van der Waals surface area contributed by atoms with E-state index >= 15 is 0 Å². The van der Waals surface area contributed by atoms with Crippen molar-refractivity contribution in [2.24, 2.45) is 0 Å². The standard InChI is InChI=1S/C9H6ClN3/c10-9-8(6-11-13-12-9)7-4-2-1-3-5-7/h1-6H. The summed E-state index contributed by atoms with van der Waals surface area (Å²) in [4.78, 5) is 0. The van der Waals surface area contributed by atoms with E-state index in [-0.39, 0.29) is 0 Å². The van der Waals surface area contributed by atoms with Gasteiger partial charge in [0, 0.05) is 5.56 Å². The van der Waals surface area contributed by atoms with E-state index in [2.05, 4.69) is 15.4 Å². The van der Waals surface area contributed by atoms with E-state index in [1.807, 2.05) is 30.3 Å². The molecule has 0 saturated carbocycles. The molecule has 64 valence electrons. The maximum absolute atomic E-state index is 5.85. The quantitative estimate of drug-likeness (QED) is 0.694. The molecule has 0 amide bonds. The van der Waals surface area contributed by atoms with Gasteiger partial charge in [0.25, 0.3) is 0 Å². The number of halogens is 1. The maximum atomic E-state index is 5.85. The van der Waals surface area contributed by atoms with Gasteiger partial charge in [-0.25, -0.2) is 0 Å². The Hall–Kier alpha value is -1.48. The van der Waals surface area contributed by atoms with Gasteiger partial charge >= 0.3 is 0 Å². The van der Waals surface area contributed by atoms with E-state index in [9.17, 15) is 0 Å². The Morgan fingerprint density at radius 3 is 2.54 bits per heavy atom. The highest BCUT2D eigenvalue weighted by atomic mass is 35.5. The fourth-order valence-corrected chi connectivity index (χ4v) is 1.26. The van der Waals surface area contributed by atoms with Crippen molar-refractivity contribution in [3.8, 4) is 11.1 Å². The Morgan fingerprint density at radius 2 is 1.85 bits per heavy atom. The molecule has 0 N–H and O–H groups in total. The summed E-state index contributed by atoms with van der Waals surface area (Å²) in [5.41, 5.74) is 1.80. The number of benzene rings is 1. The molecule has 0 aliphatic heterocycles. The van der Waals surface area contributed by atoms with Gasteiger partial charge in [-0.05, 0) is 10.8 Å². The van der Waals surface area contributed by atoms with E-state index < -0.39 is 0 Å². The predicted octanol–water partition coefficient (Wildman–Crippen LogP) is 2.19. The van der Waals surface area contributed by atoms with Crippen molar-refractivity contribution in [3.05, 3.63) is 41.7 Å². The first-order valence-corrected chi connectivity index (χ1v) is 4.15. The van der Waals surface area contributed by atoms with Crippen LogP contribution in [-0.2, 0) is 0 Å². The van der Waals surface area contributed by atoms with Crippen molar-refractivity contribution >= 4 is 11.6 Å². The van der Waals surface area contributed by atoms with E-state index in [1.54, 1.807) is 6.20 Å². The van der Waals surface area contributed by atoms with Gasteiger partial charge in [0.05, 0.1) is 6.20 Å². The monoisotopic (exact) mass is 191 g/mol. The first kappa shape index (κ1) is 8.13. The Bertz CT molecular complexity index is 403. The molecule has 2 rings (SSSR count). The lowest BCUT2D eigenvalue weighted by Crippen LogP contribution is -1.89. The number of hydrogen-bond donors (Lipinski definition) is 0. The molecule has 1 heterocycles. The molecule has 4 heteroatoms. The molecule has 2 aromatic rings. The molecule has 0 aliphatic rings. The molecule has 0 aliphatic carbocycles. The van der Waals surface area contributed by atoms with Crippen LogP contribution in [0.5, 0.6) is 0 Å². The average molecular weight is 192 g/mol. The topological polar surface area (TPSA) is 38.7 Å². The molecule has 1 aromatic heterocycles. The van der Waals surface area contributed by atoms with E-state index in [0.717, 1.165) is 11.1 Å². The minimum absolute atomic E-state index is 0.376. The summed E-state index contributed by atoms with van der Waals surface area (Å²) in [6.45, 7) is 0. The molecular weight excluding hydrogens is 186 g/mol. The normalized spacial score (nSPS) is 9.92. The summed E-state index contributed by atoms with van der Waals surface area (Å²) in [5, 5.41) is 11.2. The van der Waals surface area contributed by atoms with Gasteiger partial charge in [-0.3, -0.25) is 0 Å². The summed E-state index contributed by atoms with van der Waals surface area (Å²) in [5.74, 6) is 0. The highest BCUT2D eigenvalue weighted by Crippen LogP contribution is 2.23. The fourth-order valence-electron chi connectivity index (χ4n) is 1.07. The maximum Gasteiger partial charge on any atom is 0.162 e. The summed E-state index contributed by atoms with van der Waals surface area (Å²) in [6, 6.07) is 9.72. The summed E-state index contributed by atoms with van der Waals surface area (Å²) < 4.78 is 0. The predicted molar refractivity (Wildman–Crippen MR) is 50.3 cm³/mol. The minimum atomic E-state index is 0.376. The summed E-state index contributed by atoms with van der Waals surface area (Å²) >= 11 is 5.85. The summed E-state index contributed by atoms with van der Waals surface area (Å²) in [7, 11) is 0. The van der Waals surface area contributed by atoms with Crippen molar-refractivity contribution in [3.63, 3.8) is 0 Å². The smallest absolute Gasteiger partial charge is 0.138 e. The molecule has 3 nitrogen and oxygen atoms in total. The molecular formula is C9H6ClN3. The number of aromatic nitrogens is 3. The second-order valence-corrected chi connectivity index (χ2v) is 2.86. The third-order valence-corrected chi connectivity index (χ3v) is 1.96. The van der Waals surface area contributed by atoms with Crippen LogP contribution >= 0.6 is 11.6 Å². The number of rotatable bonds is 1. The van der Waals surface area contributed by atoms with Gasteiger partial charge in [-0.1, -0.05) is 41.9 Å². The van der Waals surface area contributed by atoms with E-state index in [1.165, 1.54) is 0 Å². The van der Waals surface area contributed by atoms with Gasteiger partial charge in [0.2, 0.25) is 0 Å². The summed E-state index contributed by atoms with van der Waals surface area (Å²) in [6.07, 6.45) is 1.60. The molecule has 0 spiro atoms. The molecule has 0 fully saturated rings. The Morgan fingerprint density at radius 1 is 1.08 bits per heavy atom. The van der Waals surface area contributed by atoms with Crippen LogP contribution < -0.4 is 0 Å². The Balaban J connectivity index is 2.54. The van der Waals surface area contributed by atoms with E-state index in [0.29, 0.717) is 5.15 Å². The van der Waals surface area contributed by atoms with Crippen LogP contribution in [0.4, 0.5) is 0 Å². The van der Waals surface area contributed by atoms with Crippen molar-refractivity contribution in [1.82, 2.24) is 15.4 Å². The third-order valence-electron chi connectivity index (χ3n) is 1.68. The molecule has 13 heavy (non-hydrogen) atoms. The van der Waals surface area contributed by atoms with E-state index in [4.69, 9.17) is 11.6 Å². The van der Waals surface area contributed by atoms with Gasteiger partial charge < -0.3 is 0 Å². The highest BCUT2D eigenvalue weighted by molar-refractivity contribution is 6.31. The highest BCUT2D eigenvalue weighted by Gasteiger charge is 2.03. The van der Waals surface area contributed by atoms with Gasteiger partial charge in [0.15, 0.2) is 5.15 Å². The van der Waals surface area contributed by atoms with Crippen molar-refractivity contribution in [2.75, 3.05) is 0 Å². The van der Waals surface area contributed by atoms with Crippen LogP contribution in [0.25, 0.3) is 11.1 Å². The van der Waals surface area contributed by atoms with Crippen LogP contribution in [-0.4, -0.2) is 15.4 Å². The number of nitrogens with zero attached hydrogens (tertiary/aromatic N) is 3. The second kappa shape index (κ2) is 3.49. The van der Waals surface area contributed by atoms with Crippen LogP contribution in [0.15, 0.2) is 36.5 Å². The first-order valence-electron chi connectivity index (χ1n) is 3.77. The van der Waals surface area contributed by atoms with Crippen LogP contribution in [0, 0.1) is 0 Å². The average Bonchev–Trinajstić information content (AvgIpc) is 2.20. The molecule has 0 radical (unpaired) electrons. The largest absolute Gasteiger partial charge is 0.162 e. The lowest BCUT2D eigenvalue weighted by Gasteiger charge is -1.99. The zero-order chi connectivity index (χ0) is 9.10. The molecule has 0 atom stereocenters. The molecule has 0 saturated heterocycles. The van der Waals surface area contributed by atoms with Crippen molar-refractivity contribution < 1.29 is 0 Å². The SMILES string of the molecule is Clc1nnncc1-c1ccccc1. The van der Waals surface area contributed by atoms with Crippen molar-refractivity contribution in [2.45, 2.75) is 0 Å². The first-order chi connectivity index (χ1) is 6.38. The Labute approximate surface area is 80.4 Å². The van der Waals surface area contributed by atoms with Crippen LogP contribution in [0.2, 0.25) is 5.15 Å². The lowest BCUT2D eigenvalue weighted by molar-refractivity contribution is 0.868.